The second-order valence-corrected chi connectivity index (χ2v) is 3.38. The highest BCUT2D eigenvalue weighted by atomic mass is 32.1. The van der Waals surface area contributed by atoms with E-state index in [0.717, 1.165) is 11.1 Å². The first-order chi connectivity index (χ1) is 6.77. The smallest absolute Gasteiger partial charge is 0.123 e. The Balaban J connectivity index is 0.00000112. The van der Waals surface area contributed by atoms with Crippen molar-refractivity contribution in [3.05, 3.63) is 54.1 Å². The van der Waals surface area contributed by atoms with Crippen LogP contribution in [0, 0.1) is 6.92 Å². The predicted octanol–water partition coefficient (Wildman–Crippen LogP) is 3.48. The van der Waals surface area contributed by atoms with Gasteiger partial charge in [0, 0.05) is 5.56 Å². The molecule has 2 aromatic carbocycles. The van der Waals surface area contributed by atoms with Gasteiger partial charge in [-0.3, -0.25) is 0 Å². The van der Waals surface area contributed by atoms with Gasteiger partial charge in [0.05, 0.1) is 0 Å². The number of aryl methyl sites for hydroxylation is 1. The molecule has 78 valence electrons. The fraction of sp³-hybridized carbons (Fsp3) is 0.0769. The summed E-state index contributed by atoms with van der Waals surface area (Å²) in [6.07, 6.45) is 0. The summed E-state index contributed by atoms with van der Waals surface area (Å²) in [6, 6.07) is 15.5. The fourth-order valence-corrected chi connectivity index (χ4v) is 1.45. The molecule has 0 aliphatic carbocycles. The SMILES string of the molecule is Cc1ccc(-c2ccccc2O)cc1.S. The van der Waals surface area contributed by atoms with Crippen LogP contribution in [0.2, 0.25) is 0 Å². The Labute approximate surface area is 96.8 Å². The Morgan fingerprint density at radius 1 is 0.867 bits per heavy atom. The average Bonchev–Trinajstić information content (AvgIpc) is 2.20. The molecule has 2 aromatic rings. The van der Waals surface area contributed by atoms with Gasteiger partial charge in [-0.15, -0.1) is 0 Å². The molecule has 0 radical (unpaired) electrons. The Kier molecular flexibility index (Phi) is 3.81. The first-order valence-electron chi connectivity index (χ1n) is 4.62. The number of hydrogen-bond acceptors (Lipinski definition) is 1. The van der Waals surface area contributed by atoms with E-state index in [0.29, 0.717) is 5.75 Å². The van der Waals surface area contributed by atoms with Crippen LogP contribution in [0.5, 0.6) is 5.75 Å². The van der Waals surface area contributed by atoms with Gasteiger partial charge in [0.25, 0.3) is 0 Å². The number of benzene rings is 2. The molecule has 0 aliphatic rings. The van der Waals surface area contributed by atoms with Gasteiger partial charge in [0.15, 0.2) is 0 Å². The lowest BCUT2D eigenvalue weighted by Gasteiger charge is -2.04. The molecule has 2 rings (SSSR count). The van der Waals surface area contributed by atoms with Gasteiger partial charge < -0.3 is 5.11 Å². The standard InChI is InChI=1S/C13H12O.H2S/c1-10-6-8-11(9-7-10)12-4-2-3-5-13(12)14;/h2-9,14H,1H3;1H2. The lowest BCUT2D eigenvalue weighted by molar-refractivity contribution is 0.477. The van der Waals surface area contributed by atoms with E-state index in [9.17, 15) is 5.11 Å². The maximum atomic E-state index is 9.63. The third kappa shape index (κ3) is 2.54. The van der Waals surface area contributed by atoms with Crippen molar-refractivity contribution < 1.29 is 5.11 Å². The summed E-state index contributed by atoms with van der Waals surface area (Å²) in [7, 11) is 0. The minimum absolute atomic E-state index is 0. The van der Waals surface area contributed by atoms with Crippen LogP contribution in [-0.4, -0.2) is 5.11 Å². The molecule has 0 spiro atoms. The number of phenolic OH excluding ortho intramolecular Hbond substituents is 1. The van der Waals surface area contributed by atoms with Gasteiger partial charge in [-0.2, -0.15) is 13.5 Å². The van der Waals surface area contributed by atoms with Gasteiger partial charge in [0.2, 0.25) is 0 Å². The zero-order chi connectivity index (χ0) is 9.97. The topological polar surface area (TPSA) is 20.2 Å². The minimum atomic E-state index is 0. The van der Waals surface area contributed by atoms with Crippen molar-refractivity contribution in [3.8, 4) is 16.9 Å². The van der Waals surface area contributed by atoms with Crippen molar-refractivity contribution in [3.63, 3.8) is 0 Å². The van der Waals surface area contributed by atoms with Gasteiger partial charge in [-0.25, -0.2) is 0 Å². The maximum absolute atomic E-state index is 9.63. The molecular formula is C13H14OS. The molecule has 2 heteroatoms. The Morgan fingerprint density at radius 3 is 2.07 bits per heavy atom. The zero-order valence-corrected chi connectivity index (χ0v) is 9.57. The van der Waals surface area contributed by atoms with Gasteiger partial charge in [-0.05, 0) is 18.6 Å². The number of phenols is 1. The Morgan fingerprint density at radius 2 is 1.47 bits per heavy atom. The van der Waals surface area contributed by atoms with Gasteiger partial charge in [0.1, 0.15) is 5.75 Å². The summed E-state index contributed by atoms with van der Waals surface area (Å²) in [5.41, 5.74) is 3.16. The molecule has 15 heavy (non-hydrogen) atoms. The quantitative estimate of drug-likeness (QED) is 0.777. The molecule has 0 fully saturated rings. The summed E-state index contributed by atoms with van der Waals surface area (Å²) in [5, 5.41) is 9.63. The Bertz CT molecular complexity index is 435. The van der Waals surface area contributed by atoms with Gasteiger partial charge in [-0.1, -0.05) is 48.0 Å². The summed E-state index contributed by atoms with van der Waals surface area (Å²) >= 11 is 0. The molecule has 1 nitrogen and oxygen atoms in total. The molecule has 0 bridgehead atoms. The molecular weight excluding hydrogens is 204 g/mol. The number of hydrogen-bond donors (Lipinski definition) is 1. The molecule has 0 saturated carbocycles. The highest BCUT2D eigenvalue weighted by molar-refractivity contribution is 7.59. The molecule has 0 heterocycles. The number of para-hydroxylation sites is 1. The number of rotatable bonds is 1. The van der Waals surface area contributed by atoms with Crippen molar-refractivity contribution in [2.45, 2.75) is 6.92 Å². The summed E-state index contributed by atoms with van der Waals surface area (Å²) in [4.78, 5) is 0. The number of aromatic hydroxyl groups is 1. The van der Waals surface area contributed by atoms with Crippen molar-refractivity contribution >= 4 is 13.5 Å². The lowest BCUT2D eigenvalue weighted by Crippen LogP contribution is -1.78. The van der Waals surface area contributed by atoms with Gasteiger partial charge >= 0.3 is 0 Å². The largest absolute Gasteiger partial charge is 0.507 e. The predicted molar refractivity (Wildman–Crippen MR) is 68.7 cm³/mol. The van der Waals surface area contributed by atoms with Crippen molar-refractivity contribution in [2.75, 3.05) is 0 Å². The monoisotopic (exact) mass is 218 g/mol. The molecule has 1 N–H and O–H groups in total. The highest BCUT2D eigenvalue weighted by Crippen LogP contribution is 2.28. The normalized spacial score (nSPS) is 9.40. The van der Waals surface area contributed by atoms with Crippen LogP contribution in [0.1, 0.15) is 5.56 Å². The molecule has 0 unspecified atom stereocenters. The van der Waals surface area contributed by atoms with Crippen LogP contribution in [0.15, 0.2) is 48.5 Å². The first-order valence-corrected chi connectivity index (χ1v) is 4.62. The van der Waals surface area contributed by atoms with Crippen molar-refractivity contribution in [1.29, 1.82) is 0 Å². The lowest BCUT2D eigenvalue weighted by atomic mass is 10.0. The summed E-state index contributed by atoms with van der Waals surface area (Å²) in [6.45, 7) is 2.05. The van der Waals surface area contributed by atoms with E-state index >= 15 is 0 Å². The van der Waals surface area contributed by atoms with E-state index in [2.05, 4.69) is 6.92 Å². The molecule has 0 atom stereocenters. The van der Waals surface area contributed by atoms with E-state index in [4.69, 9.17) is 0 Å². The maximum Gasteiger partial charge on any atom is 0.123 e. The third-order valence-electron chi connectivity index (χ3n) is 2.27. The van der Waals surface area contributed by atoms with E-state index in [1.807, 2.05) is 42.5 Å². The van der Waals surface area contributed by atoms with E-state index < -0.39 is 0 Å². The molecule has 0 amide bonds. The van der Waals surface area contributed by atoms with Crippen LogP contribution < -0.4 is 0 Å². The third-order valence-corrected chi connectivity index (χ3v) is 2.27. The van der Waals surface area contributed by atoms with E-state index in [1.54, 1.807) is 6.07 Å². The highest BCUT2D eigenvalue weighted by Gasteiger charge is 2.01. The van der Waals surface area contributed by atoms with E-state index in [1.165, 1.54) is 5.56 Å². The fourth-order valence-electron chi connectivity index (χ4n) is 1.45. The van der Waals surface area contributed by atoms with Crippen LogP contribution in [0.3, 0.4) is 0 Å². The minimum Gasteiger partial charge on any atom is -0.507 e. The summed E-state index contributed by atoms with van der Waals surface area (Å²) in [5.74, 6) is 0.330. The average molecular weight is 218 g/mol. The van der Waals surface area contributed by atoms with Crippen LogP contribution in [-0.2, 0) is 0 Å². The molecule has 0 saturated heterocycles. The van der Waals surface area contributed by atoms with Crippen molar-refractivity contribution in [1.82, 2.24) is 0 Å². The molecule has 0 aliphatic heterocycles. The second kappa shape index (κ2) is 4.89. The first kappa shape index (κ1) is 11.7. The van der Waals surface area contributed by atoms with Crippen molar-refractivity contribution in [2.24, 2.45) is 0 Å². The summed E-state index contributed by atoms with van der Waals surface area (Å²) < 4.78 is 0. The molecule has 0 aromatic heterocycles. The van der Waals surface area contributed by atoms with Crippen LogP contribution in [0.4, 0.5) is 0 Å². The second-order valence-electron chi connectivity index (χ2n) is 3.38. The van der Waals surface area contributed by atoms with Crippen LogP contribution >= 0.6 is 13.5 Å². The Hall–Kier alpha value is -1.41. The zero-order valence-electron chi connectivity index (χ0n) is 8.57. The van der Waals surface area contributed by atoms with Crippen LogP contribution in [0.25, 0.3) is 11.1 Å². The van der Waals surface area contributed by atoms with E-state index in [-0.39, 0.29) is 13.5 Å².